The minimum Gasteiger partial charge on any atom is -0.481 e. The number of benzene rings is 2. The predicted molar refractivity (Wildman–Crippen MR) is 90.0 cm³/mol. The number of carbonyl (C=O) groups excluding carboxylic acids is 2. The maximum atomic E-state index is 12.2. The Balaban J connectivity index is 2.01. The maximum absolute atomic E-state index is 12.2. The zero-order chi connectivity index (χ0) is 17.5. The van der Waals surface area contributed by atoms with Crippen molar-refractivity contribution in [1.82, 2.24) is 0 Å². The van der Waals surface area contributed by atoms with Gasteiger partial charge in [-0.3, -0.25) is 9.59 Å². The monoisotopic (exact) mass is 327 g/mol. The summed E-state index contributed by atoms with van der Waals surface area (Å²) in [6, 6.07) is 12.6. The Kier molecular flexibility index (Phi) is 5.51. The maximum Gasteiger partial charge on any atom is 0.316 e. The van der Waals surface area contributed by atoms with Crippen LogP contribution in [-0.2, 0) is 11.2 Å². The Morgan fingerprint density at radius 3 is 2.29 bits per heavy atom. The van der Waals surface area contributed by atoms with Crippen molar-refractivity contribution in [2.45, 2.75) is 12.8 Å². The van der Waals surface area contributed by atoms with E-state index in [4.69, 9.17) is 10.8 Å². The second-order valence-corrected chi connectivity index (χ2v) is 5.11. The standard InChI is InChI=1S/C17H17N3O4/c18-17(24)20-14-3-1-2-12(10-14)16(23)19-13-7-4-11(5-8-13)6-9-15(21)22/h1-5,7-8,10H,6,9H2,(H,19,23)(H,21,22)(H3,18,20,24). The van der Waals surface area contributed by atoms with Crippen LogP contribution >= 0.6 is 0 Å². The van der Waals surface area contributed by atoms with Crippen LogP contribution in [0.4, 0.5) is 16.2 Å². The lowest BCUT2D eigenvalue weighted by atomic mass is 10.1. The van der Waals surface area contributed by atoms with E-state index in [2.05, 4.69) is 10.6 Å². The first-order chi connectivity index (χ1) is 11.4. The van der Waals surface area contributed by atoms with Gasteiger partial charge in [-0.25, -0.2) is 4.79 Å². The van der Waals surface area contributed by atoms with E-state index in [1.165, 1.54) is 6.07 Å². The molecule has 0 aliphatic rings. The first-order valence-electron chi connectivity index (χ1n) is 7.22. The summed E-state index contributed by atoms with van der Waals surface area (Å²) in [6.45, 7) is 0. The molecule has 2 aromatic rings. The molecule has 0 bridgehead atoms. The van der Waals surface area contributed by atoms with Crippen LogP contribution < -0.4 is 16.4 Å². The molecule has 0 unspecified atom stereocenters. The van der Waals surface area contributed by atoms with Gasteiger partial charge in [0.2, 0.25) is 0 Å². The molecule has 0 fully saturated rings. The smallest absolute Gasteiger partial charge is 0.316 e. The molecule has 0 saturated heterocycles. The number of amides is 3. The zero-order valence-corrected chi connectivity index (χ0v) is 12.8. The predicted octanol–water partition coefficient (Wildman–Crippen LogP) is 2.45. The molecule has 0 heterocycles. The number of aliphatic carboxylic acids is 1. The Morgan fingerprint density at radius 2 is 1.67 bits per heavy atom. The van der Waals surface area contributed by atoms with Crippen molar-refractivity contribution in [2.24, 2.45) is 5.73 Å². The summed E-state index contributed by atoms with van der Waals surface area (Å²) >= 11 is 0. The van der Waals surface area contributed by atoms with E-state index in [-0.39, 0.29) is 12.3 Å². The number of urea groups is 1. The Morgan fingerprint density at radius 1 is 0.958 bits per heavy atom. The fourth-order valence-corrected chi connectivity index (χ4v) is 2.09. The van der Waals surface area contributed by atoms with Gasteiger partial charge in [0, 0.05) is 23.4 Å². The molecule has 0 saturated carbocycles. The Labute approximate surface area is 138 Å². The number of carboxylic acid groups (broad SMARTS) is 1. The van der Waals surface area contributed by atoms with Gasteiger partial charge in [-0.15, -0.1) is 0 Å². The van der Waals surface area contributed by atoms with Gasteiger partial charge in [0.15, 0.2) is 0 Å². The van der Waals surface area contributed by atoms with Crippen molar-refractivity contribution >= 4 is 29.3 Å². The van der Waals surface area contributed by atoms with Crippen molar-refractivity contribution < 1.29 is 19.5 Å². The summed E-state index contributed by atoms with van der Waals surface area (Å²) in [6.07, 6.45) is 0.496. The van der Waals surface area contributed by atoms with E-state index in [0.29, 0.717) is 23.4 Å². The van der Waals surface area contributed by atoms with Crippen LogP contribution in [0.15, 0.2) is 48.5 Å². The largest absolute Gasteiger partial charge is 0.481 e. The number of rotatable bonds is 6. The highest BCUT2D eigenvalue weighted by atomic mass is 16.4. The molecule has 124 valence electrons. The molecular weight excluding hydrogens is 310 g/mol. The molecule has 7 heteroatoms. The Hall–Kier alpha value is -3.35. The van der Waals surface area contributed by atoms with Crippen molar-refractivity contribution in [3.63, 3.8) is 0 Å². The SMILES string of the molecule is NC(=O)Nc1cccc(C(=O)Nc2ccc(CCC(=O)O)cc2)c1. The average molecular weight is 327 g/mol. The molecule has 0 aliphatic heterocycles. The molecule has 7 nitrogen and oxygen atoms in total. The van der Waals surface area contributed by atoms with E-state index >= 15 is 0 Å². The van der Waals surface area contributed by atoms with Crippen LogP contribution in [-0.4, -0.2) is 23.0 Å². The number of hydrogen-bond donors (Lipinski definition) is 4. The van der Waals surface area contributed by atoms with E-state index in [1.54, 1.807) is 42.5 Å². The quantitative estimate of drug-likeness (QED) is 0.651. The van der Waals surface area contributed by atoms with Gasteiger partial charge in [0.1, 0.15) is 0 Å². The molecule has 24 heavy (non-hydrogen) atoms. The topological polar surface area (TPSA) is 122 Å². The number of primary amides is 1. The van der Waals surface area contributed by atoms with Gasteiger partial charge >= 0.3 is 12.0 Å². The van der Waals surface area contributed by atoms with Gasteiger partial charge in [-0.1, -0.05) is 18.2 Å². The van der Waals surface area contributed by atoms with E-state index in [0.717, 1.165) is 5.56 Å². The number of nitrogens with one attached hydrogen (secondary N) is 2. The fourth-order valence-electron chi connectivity index (χ4n) is 2.09. The first kappa shape index (κ1) is 17.0. The minimum atomic E-state index is -0.850. The Bertz CT molecular complexity index is 757. The highest BCUT2D eigenvalue weighted by molar-refractivity contribution is 6.05. The summed E-state index contributed by atoms with van der Waals surface area (Å²) in [4.78, 5) is 33.6. The molecular formula is C17H17N3O4. The molecule has 0 spiro atoms. The van der Waals surface area contributed by atoms with Crippen molar-refractivity contribution in [3.05, 3.63) is 59.7 Å². The minimum absolute atomic E-state index is 0.0609. The highest BCUT2D eigenvalue weighted by Gasteiger charge is 2.08. The molecule has 3 amide bonds. The van der Waals surface area contributed by atoms with Gasteiger partial charge < -0.3 is 21.5 Å². The number of hydrogen-bond acceptors (Lipinski definition) is 3. The van der Waals surface area contributed by atoms with Crippen molar-refractivity contribution in [1.29, 1.82) is 0 Å². The average Bonchev–Trinajstić information content (AvgIpc) is 2.53. The summed E-state index contributed by atoms with van der Waals surface area (Å²) in [7, 11) is 0. The molecule has 0 aromatic heterocycles. The van der Waals surface area contributed by atoms with Crippen LogP contribution in [0.25, 0.3) is 0 Å². The van der Waals surface area contributed by atoms with Crippen molar-refractivity contribution in [2.75, 3.05) is 10.6 Å². The second kappa shape index (κ2) is 7.77. The molecule has 5 N–H and O–H groups in total. The molecule has 0 aliphatic carbocycles. The lowest BCUT2D eigenvalue weighted by Crippen LogP contribution is -2.19. The van der Waals surface area contributed by atoms with Gasteiger partial charge in [-0.2, -0.15) is 0 Å². The van der Waals surface area contributed by atoms with E-state index in [1.807, 2.05) is 0 Å². The van der Waals surface area contributed by atoms with E-state index in [9.17, 15) is 14.4 Å². The van der Waals surface area contributed by atoms with Crippen LogP contribution in [0.2, 0.25) is 0 Å². The van der Waals surface area contributed by atoms with Crippen LogP contribution in [0, 0.1) is 0 Å². The second-order valence-electron chi connectivity index (χ2n) is 5.11. The highest BCUT2D eigenvalue weighted by Crippen LogP contribution is 2.15. The third-order valence-electron chi connectivity index (χ3n) is 3.23. The van der Waals surface area contributed by atoms with Gasteiger partial charge in [0.25, 0.3) is 5.91 Å². The molecule has 2 rings (SSSR count). The first-order valence-corrected chi connectivity index (χ1v) is 7.22. The van der Waals surface area contributed by atoms with E-state index < -0.39 is 12.0 Å². The number of nitrogens with two attached hydrogens (primary N) is 1. The number of carboxylic acids is 1. The zero-order valence-electron chi connectivity index (χ0n) is 12.8. The van der Waals surface area contributed by atoms with Gasteiger partial charge in [0.05, 0.1) is 0 Å². The third kappa shape index (κ3) is 5.13. The van der Waals surface area contributed by atoms with Crippen LogP contribution in [0.3, 0.4) is 0 Å². The summed E-state index contributed by atoms with van der Waals surface area (Å²) < 4.78 is 0. The van der Waals surface area contributed by atoms with Gasteiger partial charge in [-0.05, 0) is 42.3 Å². The lowest BCUT2D eigenvalue weighted by molar-refractivity contribution is -0.136. The molecule has 2 aromatic carbocycles. The van der Waals surface area contributed by atoms with Crippen molar-refractivity contribution in [3.8, 4) is 0 Å². The number of carbonyl (C=O) groups is 3. The molecule has 0 radical (unpaired) electrons. The number of anilines is 2. The number of aryl methyl sites for hydroxylation is 1. The third-order valence-corrected chi connectivity index (χ3v) is 3.23. The lowest BCUT2D eigenvalue weighted by Gasteiger charge is -2.08. The molecule has 0 atom stereocenters. The summed E-state index contributed by atoms with van der Waals surface area (Å²) in [5.41, 5.74) is 7.31. The summed E-state index contributed by atoms with van der Waals surface area (Å²) in [5, 5.41) is 13.8. The van der Waals surface area contributed by atoms with Crippen LogP contribution in [0.5, 0.6) is 0 Å². The normalized spacial score (nSPS) is 10.0. The summed E-state index contributed by atoms with van der Waals surface area (Å²) in [5.74, 6) is -1.18. The fraction of sp³-hybridized carbons (Fsp3) is 0.118. The van der Waals surface area contributed by atoms with Crippen LogP contribution in [0.1, 0.15) is 22.3 Å².